The molecule has 0 N–H and O–H groups in total. The molecule has 0 nitrogen and oxygen atoms in total. The zero-order chi connectivity index (χ0) is 21.7. The Labute approximate surface area is 186 Å². The first-order valence-electron chi connectivity index (χ1n) is 12.0. The van der Waals surface area contributed by atoms with Gasteiger partial charge in [-0.2, -0.15) is 0 Å². The summed E-state index contributed by atoms with van der Waals surface area (Å²) >= 11 is -3.36. The maximum absolute atomic E-state index is 16.3. The van der Waals surface area contributed by atoms with Crippen LogP contribution < -0.4 is 0 Å². The summed E-state index contributed by atoms with van der Waals surface area (Å²) < 4.78 is 35.0. The van der Waals surface area contributed by atoms with Crippen LogP contribution in [0.2, 0.25) is 13.3 Å². The van der Waals surface area contributed by atoms with E-state index in [4.69, 9.17) is 0 Å². The van der Waals surface area contributed by atoms with Crippen molar-refractivity contribution in [3.8, 4) is 0 Å². The molecule has 1 aliphatic rings. The van der Waals surface area contributed by atoms with Gasteiger partial charge in [-0.15, -0.1) is 0 Å². The molecule has 2 atom stereocenters. The zero-order valence-corrected chi connectivity index (χ0v) is 21.8. The fraction of sp³-hybridized carbons (Fsp3) is 0.556. The molecule has 0 spiro atoms. The van der Waals surface area contributed by atoms with Crippen LogP contribution in [-0.2, 0) is 3.43 Å². The van der Waals surface area contributed by atoms with Gasteiger partial charge in [-0.25, -0.2) is 0 Å². The molecule has 3 heteroatoms. The number of alkyl halides is 2. The quantitative estimate of drug-likeness (QED) is 0.246. The van der Waals surface area contributed by atoms with E-state index < -0.39 is 33.6 Å². The minimum atomic E-state index is -3.36. The number of benzene rings is 2. The predicted molar refractivity (Wildman–Crippen MR) is 127 cm³/mol. The topological polar surface area (TPSA) is 0 Å². The van der Waals surface area contributed by atoms with Crippen LogP contribution in [0.25, 0.3) is 0 Å². The van der Waals surface area contributed by atoms with E-state index in [-0.39, 0.29) is 0 Å². The van der Waals surface area contributed by atoms with Crippen molar-refractivity contribution in [1.29, 1.82) is 0 Å². The van der Waals surface area contributed by atoms with Gasteiger partial charge < -0.3 is 0 Å². The van der Waals surface area contributed by atoms with Gasteiger partial charge in [0.15, 0.2) is 0 Å². The van der Waals surface area contributed by atoms with Crippen LogP contribution in [-0.4, -0.2) is 24.3 Å². The maximum atomic E-state index is 16.3. The SMILES string of the molecule is CCC[CH2][Sn]([CH2]CCC)([CH2]CCC)[C@@]1(c2ccccc2)[C@@H](c2ccccc2)C1(F)F. The van der Waals surface area contributed by atoms with E-state index in [1.54, 1.807) is 0 Å². The van der Waals surface area contributed by atoms with Crippen molar-refractivity contribution >= 4 is 18.4 Å². The second kappa shape index (κ2) is 10.1. The molecule has 3 rings (SSSR count). The van der Waals surface area contributed by atoms with Crippen LogP contribution in [0.4, 0.5) is 8.78 Å². The van der Waals surface area contributed by atoms with Crippen LogP contribution in [0.5, 0.6) is 0 Å². The summed E-state index contributed by atoms with van der Waals surface area (Å²) in [5.41, 5.74) is 1.78. The van der Waals surface area contributed by atoms with E-state index >= 15 is 8.78 Å². The van der Waals surface area contributed by atoms with E-state index in [0.29, 0.717) is 0 Å². The van der Waals surface area contributed by atoms with Gasteiger partial charge in [0.2, 0.25) is 0 Å². The molecular weight excluding hydrogens is 481 g/mol. The molecule has 164 valence electrons. The minimum absolute atomic E-state index is 0.644. The van der Waals surface area contributed by atoms with E-state index in [1.807, 2.05) is 60.7 Å². The van der Waals surface area contributed by atoms with Gasteiger partial charge in [-0.3, -0.25) is 0 Å². The first-order valence-corrected chi connectivity index (χ1v) is 19.5. The molecular formula is C27H38F2Sn. The summed E-state index contributed by atoms with van der Waals surface area (Å²) in [6.07, 6.45) is 6.62. The molecule has 0 unspecified atom stereocenters. The molecule has 1 aliphatic carbocycles. The molecule has 0 bridgehead atoms. The number of hydrogen-bond donors (Lipinski definition) is 0. The molecule has 1 fully saturated rings. The second-order valence-electron chi connectivity index (χ2n) is 9.23. The Morgan fingerprint density at radius 1 is 0.700 bits per heavy atom. The molecule has 0 radical (unpaired) electrons. The Balaban J connectivity index is 2.23. The average Bonchev–Trinajstić information content (AvgIpc) is 3.32. The standard InChI is InChI=1S/C15H11F2.3C4H9.Sn/c16-15(17)13(11-7-3-1-4-8-11)14(15)12-9-5-2-6-10-12;3*1-3-4-2;/h1-10,13H;3*1,3-4H2,2H3;/t13-;;;;/m1..../s1. The molecule has 30 heavy (non-hydrogen) atoms. The monoisotopic (exact) mass is 520 g/mol. The summed E-state index contributed by atoms with van der Waals surface area (Å²) in [6, 6.07) is 19.7. The number of hydrogen-bond acceptors (Lipinski definition) is 0. The van der Waals surface area contributed by atoms with E-state index in [9.17, 15) is 0 Å². The summed E-state index contributed by atoms with van der Waals surface area (Å²) in [5.74, 6) is -3.28. The summed E-state index contributed by atoms with van der Waals surface area (Å²) in [7, 11) is 0. The Morgan fingerprint density at radius 2 is 1.13 bits per heavy atom. The molecule has 2 aromatic carbocycles. The van der Waals surface area contributed by atoms with Gasteiger partial charge in [-0.05, 0) is 0 Å². The third kappa shape index (κ3) is 3.98. The van der Waals surface area contributed by atoms with Crippen molar-refractivity contribution in [2.24, 2.45) is 0 Å². The van der Waals surface area contributed by atoms with Crippen molar-refractivity contribution in [3.05, 3.63) is 71.8 Å². The van der Waals surface area contributed by atoms with Crippen molar-refractivity contribution in [1.82, 2.24) is 0 Å². The van der Waals surface area contributed by atoms with Gasteiger partial charge in [0.05, 0.1) is 0 Å². The van der Waals surface area contributed by atoms with Crippen molar-refractivity contribution < 1.29 is 8.78 Å². The van der Waals surface area contributed by atoms with Crippen molar-refractivity contribution in [2.45, 2.75) is 87.9 Å². The molecule has 0 saturated heterocycles. The predicted octanol–water partition coefficient (Wildman–Crippen LogP) is 8.75. The molecule has 1 saturated carbocycles. The van der Waals surface area contributed by atoms with Gasteiger partial charge in [-0.1, -0.05) is 0 Å². The van der Waals surface area contributed by atoms with Gasteiger partial charge in [0, 0.05) is 0 Å². The average molecular weight is 519 g/mol. The van der Waals surface area contributed by atoms with Crippen LogP contribution in [0.15, 0.2) is 60.7 Å². The first kappa shape index (κ1) is 23.8. The van der Waals surface area contributed by atoms with Crippen molar-refractivity contribution in [2.75, 3.05) is 0 Å². The third-order valence-corrected chi connectivity index (χ3v) is 26.1. The summed E-state index contributed by atoms with van der Waals surface area (Å²) in [6.45, 7) is 6.64. The van der Waals surface area contributed by atoms with Crippen LogP contribution in [0, 0.1) is 0 Å². The molecule has 2 aromatic rings. The van der Waals surface area contributed by atoms with Crippen LogP contribution >= 0.6 is 0 Å². The van der Waals surface area contributed by atoms with Crippen LogP contribution in [0.3, 0.4) is 0 Å². The van der Waals surface area contributed by atoms with Gasteiger partial charge in [0.1, 0.15) is 0 Å². The first-order chi connectivity index (χ1) is 14.5. The Bertz CT molecular complexity index is 752. The van der Waals surface area contributed by atoms with Gasteiger partial charge in [0.25, 0.3) is 0 Å². The van der Waals surface area contributed by atoms with Gasteiger partial charge >= 0.3 is 187 Å². The van der Waals surface area contributed by atoms with E-state index in [0.717, 1.165) is 63.0 Å². The molecule has 0 aromatic heterocycles. The summed E-state index contributed by atoms with van der Waals surface area (Å²) in [5, 5.41) is 0. The molecule has 0 amide bonds. The number of halogens is 2. The third-order valence-electron chi connectivity index (χ3n) is 7.46. The van der Waals surface area contributed by atoms with Crippen molar-refractivity contribution in [3.63, 3.8) is 0 Å². The summed E-state index contributed by atoms with van der Waals surface area (Å²) in [4.78, 5) is 0. The van der Waals surface area contributed by atoms with Crippen LogP contribution in [0.1, 0.15) is 76.3 Å². The Kier molecular flexibility index (Phi) is 8.03. The fourth-order valence-electron chi connectivity index (χ4n) is 6.05. The van der Waals surface area contributed by atoms with E-state index in [1.165, 1.54) is 0 Å². The Morgan fingerprint density at radius 3 is 1.57 bits per heavy atom. The molecule has 0 aliphatic heterocycles. The molecule has 0 heterocycles. The normalized spacial score (nSPS) is 22.8. The zero-order valence-electron chi connectivity index (χ0n) is 19.0. The van der Waals surface area contributed by atoms with E-state index in [2.05, 4.69) is 20.8 Å². The second-order valence-corrected chi connectivity index (χ2v) is 23.1. The Hall–Kier alpha value is -0.901. The number of unbranched alkanes of at least 4 members (excludes halogenated alkanes) is 3. The number of rotatable bonds is 12. The fourth-order valence-corrected chi connectivity index (χ4v) is 27.6.